The van der Waals surface area contributed by atoms with Gasteiger partial charge in [-0.1, -0.05) is 43.3 Å². The zero-order chi connectivity index (χ0) is 14.1. The molecular weight excluding hydrogens is 264 g/mol. The van der Waals surface area contributed by atoms with E-state index in [0.717, 1.165) is 23.3 Å². The minimum Gasteiger partial charge on any atom is -0.330 e. The molecule has 3 rings (SSSR count). The number of rotatable bonds is 3. The van der Waals surface area contributed by atoms with E-state index in [2.05, 4.69) is 65.9 Å². The van der Waals surface area contributed by atoms with Crippen LogP contribution in [-0.4, -0.2) is 9.55 Å². The van der Waals surface area contributed by atoms with E-state index < -0.39 is 0 Å². The molecule has 0 bridgehead atoms. The molecule has 20 heavy (non-hydrogen) atoms. The number of fused-ring (bicyclic) bond motifs is 1. The summed E-state index contributed by atoms with van der Waals surface area (Å²) in [7, 11) is 0. The van der Waals surface area contributed by atoms with Crippen LogP contribution in [0, 0.1) is 11.7 Å². The summed E-state index contributed by atoms with van der Waals surface area (Å²) in [5.74, 6) is 0. The van der Waals surface area contributed by atoms with Gasteiger partial charge in [-0.3, -0.25) is 0 Å². The standard InChI is InChI=1S/C17H18N2S/c1-3-13-8-4-5-9-14(13)11-19-15-10-6-7-12(2)16(15)18-17(19)20/h4-10H,3,11H2,1-2H3,(H,18,20). The third-order valence-corrected chi connectivity index (χ3v) is 4.17. The van der Waals surface area contributed by atoms with E-state index in [1.54, 1.807) is 0 Å². The van der Waals surface area contributed by atoms with E-state index in [-0.39, 0.29) is 0 Å². The van der Waals surface area contributed by atoms with Crippen molar-refractivity contribution in [1.82, 2.24) is 9.55 Å². The number of aromatic amines is 1. The van der Waals surface area contributed by atoms with Crippen LogP contribution >= 0.6 is 12.2 Å². The third kappa shape index (κ3) is 2.18. The molecule has 2 aromatic carbocycles. The molecule has 0 amide bonds. The zero-order valence-electron chi connectivity index (χ0n) is 11.8. The minimum absolute atomic E-state index is 0.792. The molecule has 0 fully saturated rings. The Balaban J connectivity index is 2.14. The molecule has 3 heteroatoms. The first-order chi connectivity index (χ1) is 9.70. The molecular formula is C17H18N2S. The van der Waals surface area contributed by atoms with Crippen molar-refractivity contribution in [3.8, 4) is 0 Å². The Kier molecular flexibility index (Phi) is 3.45. The van der Waals surface area contributed by atoms with Crippen molar-refractivity contribution in [3.05, 3.63) is 63.9 Å². The van der Waals surface area contributed by atoms with Crippen molar-refractivity contribution in [3.63, 3.8) is 0 Å². The molecule has 0 saturated heterocycles. The second kappa shape index (κ2) is 5.25. The Morgan fingerprint density at radius 2 is 1.80 bits per heavy atom. The molecule has 1 heterocycles. The topological polar surface area (TPSA) is 20.7 Å². The monoisotopic (exact) mass is 282 g/mol. The van der Waals surface area contributed by atoms with E-state index in [9.17, 15) is 0 Å². The minimum atomic E-state index is 0.792. The summed E-state index contributed by atoms with van der Waals surface area (Å²) in [5.41, 5.74) is 6.29. The van der Waals surface area contributed by atoms with Crippen molar-refractivity contribution >= 4 is 23.3 Å². The highest BCUT2D eigenvalue weighted by Gasteiger charge is 2.08. The first-order valence-electron chi connectivity index (χ1n) is 6.95. The molecule has 0 atom stereocenters. The lowest BCUT2D eigenvalue weighted by Crippen LogP contribution is -2.02. The van der Waals surface area contributed by atoms with Gasteiger partial charge in [-0.25, -0.2) is 0 Å². The predicted molar refractivity (Wildman–Crippen MR) is 86.8 cm³/mol. The van der Waals surface area contributed by atoms with Gasteiger partial charge in [0, 0.05) is 0 Å². The molecule has 3 aromatic rings. The summed E-state index contributed by atoms with van der Waals surface area (Å²) >= 11 is 5.50. The SMILES string of the molecule is CCc1ccccc1Cn1c(=S)[nH]c2c(C)cccc21. The number of imidazole rings is 1. The quantitative estimate of drug-likeness (QED) is 0.695. The van der Waals surface area contributed by atoms with Gasteiger partial charge in [-0.15, -0.1) is 0 Å². The van der Waals surface area contributed by atoms with Crippen molar-refractivity contribution in [2.24, 2.45) is 0 Å². The first kappa shape index (κ1) is 13.1. The van der Waals surface area contributed by atoms with Gasteiger partial charge in [-0.05, 0) is 48.3 Å². The highest BCUT2D eigenvalue weighted by atomic mass is 32.1. The summed E-state index contributed by atoms with van der Waals surface area (Å²) in [6, 6.07) is 14.9. The summed E-state index contributed by atoms with van der Waals surface area (Å²) in [6.45, 7) is 5.13. The summed E-state index contributed by atoms with van der Waals surface area (Å²) < 4.78 is 2.98. The van der Waals surface area contributed by atoms with Crippen LogP contribution in [-0.2, 0) is 13.0 Å². The van der Waals surface area contributed by atoms with E-state index in [0.29, 0.717) is 0 Å². The van der Waals surface area contributed by atoms with Crippen LogP contribution in [0.5, 0.6) is 0 Å². The maximum atomic E-state index is 5.50. The van der Waals surface area contributed by atoms with Crippen LogP contribution in [0.1, 0.15) is 23.6 Å². The number of nitrogens with zero attached hydrogens (tertiary/aromatic N) is 1. The van der Waals surface area contributed by atoms with Gasteiger partial charge in [0.05, 0.1) is 17.6 Å². The van der Waals surface area contributed by atoms with E-state index in [1.807, 2.05) is 0 Å². The van der Waals surface area contributed by atoms with Gasteiger partial charge in [-0.2, -0.15) is 0 Å². The summed E-state index contributed by atoms with van der Waals surface area (Å²) in [4.78, 5) is 3.33. The Morgan fingerprint density at radius 1 is 1.05 bits per heavy atom. The van der Waals surface area contributed by atoms with E-state index in [4.69, 9.17) is 12.2 Å². The Morgan fingerprint density at radius 3 is 2.55 bits per heavy atom. The van der Waals surface area contributed by atoms with E-state index >= 15 is 0 Å². The number of benzene rings is 2. The molecule has 0 unspecified atom stereocenters. The Bertz CT molecular complexity index is 811. The molecule has 102 valence electrons. The van der Waals surface area contributed by atoms with Crippen LogP contribution < -0.4 is 0 Å². The first-order valence-corrected chi connectivity index (χ1v) is 7.36. The Hall–Kier alpha value is -1.87. The number of H-pyrrole nitrogens is 1. The fourth-order valence-electron chi connectivity index (χ4n) is 2.71. The lowest BCUT2D eigenvalue weighted by Gasteiger charge is -2.09. The zero-order valence-corrected chi connectivity index (χ0v) is 12.6. The molecule has 1 N–H and O–H groups in total. The fraction of sp³-hybridized carbons (Fsp3) is 0.235. The average molecular weight is 282 g/mol. The van der Waals surface area contributed by atoms with Gasteiger partial charge in [0.15, 0.2) is 4.77 Å². The van der Waals surface area contributed by atoms with Crippen LogP contribution in [0.3, 0.4) is 0 Å². The molecule has 2 nitrogen and oxygen atoms in total. The summed E-state index contributed by atoms with van der Waals surface area (Å²) in [5, 5.41) is 0. The third-order valence-electron chi connectivity index (χ3n) is 3.85. The maximum absolute atomic E-state index is 5.50. The molecule has 1 aromatic heterocycles. The molecule has 0 spiro atoms. The highest BCUT2D eigenvalue weighted by molar-refractivity contribution is 7.71. The fourth-order valence-corrected chi connectivity index (χ4v) is 2.97. The maximum Gasteiger partial charge on any atom is 0.178 e. The summed E-state index contributed by atoms with van der Waals surface area (Å²) in [6.07, 6.45) is 1.05. The van der Waals surface area contributed by atoms with Gasteiger partial charge >= 0.3 is 0 Å². The lowest BCUT2D eigenvalue weighted by molar-refractivity contribution is 0.799. The normalized spacial score (nSPS) is 11.1. The van der Waals surface area contributed by atoms with E-state index in [1.165, 1.54) is 22.2 Å². The van der Waals surface area contributed by atoms with Gasteiger partial charge in [0.1, 0.15) is 0 Å². The molecule has 0 aliphatic rings. The Labute approximate surface area is 124 Å². The van der Waals surface area contributed by atoms with Crippen LogP contribution in [0.25, 0.3) is 11.0 Å². The van der Waals surface area contributed by atoms with Crippen molar-refractivity contribution < 1.29 is 0 Å². The smallest absolute Gasteiger partial charge is 0.178 e. The lowest BCUT2D eigenvalue weighted by atomic mass is 10.1. The number of para-hydroxylation sites is 1. The van der Waals surface area contributed by atoms with Crippen molar-refractivity contribution in [2.75, 3.05) is 0 Å². The second-order valence-electron chi connectivity index (χ2n) is 5.11. The highest BCUT2D eigenvalue weighted by Crippen LogP contribution is 2.20. The van der Waals surface area contributed by atoms with Gasteiger partial charge in [0.25, 0.3) is 0 Å². The molecule has 0 saturated carbocycles. The molecule has 0 radical (unpaired) electrons. The van der Waals surface area contributed by atoms with Crippen LogP contribution in [0.2, 0.25) is 0 Å². The number of nitrogens with one attached hydrogen (secondary N) is 1. The van der Waals surface area contributed by atoms with Crippen molar-refractivity contribution in [1.29, 1.82) is 0 Å². The molecule has 0 aliphatic carbocycles. The van der Waals surface area contributed by atoms with Crippen molar-refractivity contribution in [2.45, 2.75) is 26.8 Å². The second-order valence-corrected chi connectivity index (χ2v) is 5.49. The number of aryl methyl sites for hydroxylation is 2. The average Bonchev–Trinajstić information content (AvgIpc) is 2.78. The van der Waals surface area contributed by atoms with Gasteiger partial charge < -0.3 is 9.55 Å². The van der Waals surface area contributed by atoms with Crippen LogP contribution in [0.4, 0.5) is 0 Å². The number of aromatic nitrogens is 2. The van der Waals surface area contributed by atoms with Crippen LogP contribution in [0.15, 0.2) is 42.5 Å². The largest absolute Gasteiger partial charge is 0.330 e. The number of hydrogen-bond donors (Lipinski definition) is 1. The number of hydrogen-bond acceptors (Lipinski definition) is 1. The predicted octanol–water partition coefficient (Wildman–Crippen LogP) is 4.62. The molecule has 0 aliphatic heterocycles. The van der Waals surface area contributed by atoms with Gasteiger partial charge in [0.2, 0.25) is 0 Å².